The molecule has 1 fully saturated rings. The summed E-state index contributed by atoms with van der Waals surface area (Å²) in [6.45, 7) is 2.08. The normalized spacial score (nSPS) is 17.2. The Hall–Kier alpha value is -3.56. The van der Waals surface area contributed by atoms with Crippen LogP contribution in [0.25, 0.3) is 11.1 Å². The zero-order chi connectivity index (χ0) is 25.4. The van der Waals surface area contributed by atoms with Crippen LogP contribution in [-0.2, 0) is 6.54 Å². The molecular formula is C30H27F3N2O. The van der Waals surface area contributed by atoms with Gasteiger partial charge in [0.15, 0.2) is 0 Å². The number of fused-ring (bicyclic) bond motifs is 1. The van der Waals surface area contributed by atoms with Gasteiger partial charge in [0.05, 0.1) is 12.6 Å². The summed E-state index contributed by atoms with van der Waals surface area (Å²) in [5.74, 6) is 0.716. The van der Waals surface area contributed by atoms with Crippen LogP contribution in [0.15, 0.2) is 54.6 Å². The molecule has 184 valence electrons. The van der Waals surface area contributed by atoms with Gasteiger partial charge in [-0.1, -0.05) is 24.3 Å². The molecule has 36 heavy (non-hydrogen) atoms. The third-order valence-corrected chi connectivity index (χ3v) is 7.45. The van der Waals surface area contributed by atoms with E-state index in [1.54, 1.807) is 6.07 Å². The summed E-state index contributed by atoms with van der Waals surface area (Å²) in [5, 5.41) is 0. The molecule has 3 nitrogen and oxygen atoms in total. The van der Waals surface area contributed by atoms with Crippen molar-refractivity contribution in [2.75, 3.05) is 20.1 Å². The van der Waals surface area contributed by atoms with Gasteiger partial charge in [-0.25, -0.2) is 13.2 Å². The fourth-order valence-electron chi connectivity index (χ4n) is 5.36. The second-order valence-corrected chi connectivity index (χ2v) is 9.71. The van der Waals surface area contributed by atoms with Gasteiger partial charge in [-0.05, 0) is 85.9 Å². The predicted octanol–water partition coefficient (Wildman–Crippen LogP) is 6.30. The fourth-order valence-corrected chi connectivity index (χ4v) is 5.36. The van der Waals surface area contributed by atoms with Crippen molar-refractivity contribution in [1.29, 1.82) is 0 Å². The standard InChI is InChI=1S/C30H27F3N2O/c1-3-4-29(25-17-23(31)9-10-27(25)32)35-18-26-24(30(35)36)15-22(16-28(26)33)20-7-5-19(6-8-20)21-11-13-34(2)14-12-21/h1,5-10,15-17,21,29H,4,11-14,18H2,2H3. The van der Waals surface area contributed by atoms with Crippen LogP contribution in [0.1, 0.15) is 58.3 Å². The number of hydrogen-bond donors (Lipinski definition) is 0. The number of nitrogens with zero attached hydrogens (tertiary/aromatic N) is 2. The molecule has 2 aliphatic heterocycles. The SMILES string of the molecule is C#CCC(c1cc(F)ccc1F)N1Cc2c(F)cc(-c3ccc(C4CCN(C)CC4)cc3)cc2C1=O. The molecule has 6 heteroatoms. The summed E-state index contributed by atoms with van der Waals surface area (Å²) in [7, 11) is 2.13. The average molecular weight is 489 g/mol. The summed E-state index contributed by atoms with van der Waals surface area (Å²) in [4.78, 5) is 17.0. The van der Waals surface area contributed by atoms with Crippen molar-refractivity contribution in [3.8, 4) is 23.5 Å². The van der Waals surface area contributed by atoms with Crippen LogP contribution in [0.5, 0.6) is 0 Å². The van der Waals surface area contributed by atoms with Crippen LogP contribution in [0.4, 0.5) is 13.2 Å². The van der Waals surface area contributed by atoms with Gasteiger partial charge in [-0.3, -0.25) is 4.79 Å². The maximum absolute atomic E-state index is 15.2. The third kappa shape index (κ3) is 4.52. The maximum atomic E-state index is 15.2. The van der Waals surface area contributed by atoms with E-state index in [4.69, 9.17) is 6.42 Å². The Kier molecular flexibility index (Phi) is 6.59. The lowest BCUT2D eigenvalue weighted by Gasteiger charge is -2.29. The summed E-state index contributed by atoms with van der Waals surface area (Å²) in [6.07, 6.45) is 7.69. The number of rotatable bonds is 5. The summed E-state index contributed by atoms with van der Waals surface area (Å²) < 4.78 is 43.7. The molecule has 2 aliphatic rings. The third-order valence-electron chi connectivity index (χ3n) is 7.45. The van der Waals surface area contributed by atoms with E-state index in [0.717, 1.165) is 49.7 Å². The Labute approximate surface area is 209 Å². The topological polar surface area (TPSA) is 23.6 Å². The molecular weight excluding hydrogens is 461 g/mol. The smallest absolute Gasteiger partial charge is 0.255 e. The van der Waals surface area contributed by atoms with Crippen molar-refractivity contribution < 1.29 is 18.0 Å². The van der Waals surface area contributed by atoms with Crippen LogP contribution in [0, 0.1) is 29.8 Å². The number of likely N-dealkylation sites (tertiary alicyclic amines) is 1. The van der Waals surface area contributed by atoms with Gasteiger partial charge in [-0.15, -0.1) is 12.3 Å². The molecule has 2 heterocycles. The molecule has 3 aromatic rings. The van der Waals surface area contributed by atoms with E-state index in [1.807, 2.05) is 12.1 Å². The Morgan fingerprint density at radius 3 is 2.39 bits per heavy atom. The first-order valence-corrected chi connectivity index (χ1v) is 12.2. The zero-order valence-electron chi connectivity index (χ0n) is 20.1. The first-order valence-electron chi connectivity index (χ1n) is 12.2. The number of piperidine rings is 1. The quantitative estimate of drug-likeness (QED) is 0.394. The maximum Gasteiger partial charge on any atom is 0.255 e. The van der Waals surface area contributed by atoms with E-state index < -0.39 is 29.4 Å². The summed E-state index contributed by atoms with van der Waals surface area (Å²) >= 11 is 0. The Morgan fingerprint density at radius 1 is 0.972 bits per heavy atom. The number of carbonyl (C=O) groups is 1. The highest BCUT2D eigenvalue weighted by molar-refractivity contribution is 6.00. The largest absolute Gasteiger partial charge is 0.326 e. The molecule has 0 bridgehead atoms. The van der Waals surface area contributed by atoms with Crippen molar-refractivity contribution >= 4 is 5.91 Å². The molecule has 0 aliphatic carbocycles. The minimum absolute atomic E-state index is 0.0146. The van der Waals surface area contributed by atoms with Crippen molar-refractivity contribution in [1.82, 2.24) is 9.80 Å². The predicted molar refractivity (Wildman–Crippen MR) is 134 cm³/mol. The van der Waals surface area contributed by atoms with Crippen molar-refractivity contribution in [3.63, 3.8) is 0 Å². The van der Waals surface area contributed by atoms with Crippen LogP contribution in [0.3, 0.4) is 0 Å². The molecule has 0 aromatic heterocycles. The average Bonchev–Trinajstić information content (AvgIpc) is 3.21. The molecule has 1 atom stereocenters. The number of hydrogen-bond acceptors (Lipinski definition) is 2. The van der Waals surface area contributed by atoms with Gasteiger partial charge in [0, 0.05) is 23.1 Å². The summed E-state index contributed by atoms with van der Waals surface area (Å²) in [5.41, 5.74) is 3.13. The first-order chi connectivity index (χ1) is 17.4. The van der Waals surface area contributed by atoms with Crippen molar-refractivity contribution in [3.05, 3.63) is 94.3 Å². The molecule has 5 rings (SSSR count). The Balaban J connectivity index is 1.43. The van der Waals surface area contributed by atoms with E-state index in [9.17, 15) is 13.6 Å². The summed E-state index contributed by atoms with van der Waals surface area (Å²) in [6, 6.07) is 13.4. The van der Waals surface area contributed by atoms with E-state index in [1.165, 1.54) is 16.5 Å². The molecule has 0 saturated carbocycles. The minimum atomic E-state index is -0.901. The Bertz CT molecular complexity index is 1340. The number of benzene rings is 3. The van der Waals surface area contributed by atoms with Crippen molar-refractivity contribution in [2.45, 2.75) is 37.8 Å². The number of terminal acetylenes is 1. The van der Waals surface area contributed by atoms with Crippen LogP contribution in [0.2, 0.25) is 0 Å². The van der Waals surface area contributed by atoms with Crippen LogP contribution >= 0.6 is 0 Å². The minimum Gasteiger partial charge on any atom is -0.326 e. The molecule has 3 aromatic carbocycles. The zero-order valence-corrected chi connectivity index (χ0v) is 20.1. The van der Waals surface area contributed by atoms with E-state index in [-0.39, 0.29) is 29.7 Å². The Morgan fingerprint density at radius 2 is 1.69 bits per heavy atom. The molecule has 1 amide bonds. The highest BCUT2D eigenvalue weighted by Gasteiger charge is 2.36. The molecule has 0 spiro atoms. The van der Waals surface area contributed by atoms with Gasteiger partial charge in [0.25, 0.3) is 5.91 Å². The van der Waals surface area contributed by atoms with E-state index in [0.29, 0.717) is 11.5 Å². The first kappa shape index (κ1) is 24.1. The monoisotopic (exact) mass is 488 g/mol. The van der Waals surface area contributed by atoms with Crippen molar-refractivity contribution in [2.24, 2.45) is 0 Å². The highest BCUT2D eigenvalue weighted by atomic mass is 19.1. The van der Waals surface area contributed by atoms with Crippen LogP contribution in [-0.4, -0.2) is 35.8 Å². The number of halogens is 3. The second-order valence-electron chi connectivity index (χ2n) is 9.71. The van der Waals surface area contributed by atoms with Gasteiger partial charge in [0.2, 0.25) is 0 Å². The lowest BCUT2D eigenvalue weighted by Crippen LogP contribution is -2.29. The molecule has 1 saturated heterocycles. The second kappa shape index (κ2) is 9.83. The van der Waals surface area contributed by atoms with E-state index in [2.05, 4.69) is 30.0 Å². The highest BCUT2D eigenvalue weighted by Crippen LogP contribution is 2.38. The number of carbonyl (C=O) groups excluding carboxylic acids is 1. The molecule has 0 N–H and O–H groups in total. The van der Waals surface area contributed by atoms with Gasteiger partial charge in [-0.2, -0.15) is 0 Å². The lowest BCUT2D eigenvalue weighted by molar-refractivity contribution is 0.0700. The van der Waals surface area contributed by atoms with Crippen LogP contribution < -0.4 is 0 Å². The molecule has 0 radical (unpaired) electrons. The molecule has 1 unspecified atom stereocenters. The van der Waals surface area contributed by atoms with Gasteiger partial charge in [0.1, 0.15) is 17.5 Å². The van der Waals surface area contributed by atoms with Gasteiger partial charge >= 0.3 is 0 Å². The number of amides is 1. The lowest BCUT2D eigenvalue weighted by atomic mass is 9.88. The van der Waals surface area contributed by atoms with Gasteiger partial charge < -0.3 is 9.80 Å². The fraction of sp³-hybridized carbons (Fsp3) is 0.300. The van der Waals surface area contributed by atoms with E-state index >= 15 is 4.39 Å².